The second-order valence-corrected chi connectivity index (χ2v) is 4.25. The Labute approximate surface area is 75.7 Å². The van der Waals surface area contributed by atoms with E-state index in [1.165, 1.54) is 13.1 Å². The third kappa shape index (κ3) is 1.90. The highest BCUT2D eigenvalue weighted by atomic mass is 32.2. The van der Waals surface area contributed by atoms with Gasteiger partial charge in [0.2, 0.25) is 15.8 Å². The molecule has 1 aliphatic carbocycles. The predicted octanol–water partition coefficient (Wildman–Crippen LogP) is -0.422. The summed E-state index contributed by atoms with van der Waals surface area (Å²) < 4.78 is 24.4. The molecule has 0 aromatic rings. The number of allylic oxidation sites excluding steroid dienone is 3. The lowest BCUT2D eigenvalue weighted by molar-refractivity contribution is -0.108. The number of carbonyl (C=O) groups excluding carboxylic acids is 1. The summed E-state index contributed by atoms with van der Waals surface area (Å²) in [5.41, 5.74) is -0.323. The molecule has 70 valence electrons. The molecular weight excluding hydrogens is 192 g/mol. The second-order valence-electron chi connectivity index (χ2n) is 2.37. The van der Waals surface area contributed by atoms with E-state index >= 15 is 0 Å². The molecule has 5 nitrogen and oxygen atoms in total. The van der Waals surface area contributed by atoms with Gasteiger partial charge in [-0.15, -0.1) is 0 Å². The molecule has 0 saturated heterocycles. The quantitative estimate of drug-likeness (QED) is 0.593. The average Bonchev–Trinajstić information content (AvgIpc) is 2.09. The van der Waals surface area contributed by atoms with E-state index in [0.717, 1.165) is 12.2 Å². The van der Waals surface area contributed by atoms with Crippen LogP contribution in [-0.2, 0) is 14.8 Å². The fourth-order valence-corrected chi connectivity index (χ4v) is 1.55. The van der Waals surface area contributed by atoms with Crippen molar-refractivity contribution in [3.05, 3.63) is 23.1 Å². The van der Waals surface area contributed by atoms with Crippen LogP contribution in [0.4, 0.5) is 0 Å². The Kier molecular flexibility index (Phi) is 2.44. The van der Waals surface area contributed by atoms with Crippen molar-refractivity contribution in [3.63, 3.8) is 0 Å². The Morgan fingerprint density at radius 2 is 2.00 bits per heavy atom. The SMILES string of the molecule is CNS(=O)(=O)C1=CC(=N)C(=O)C=C1. The Morgan fingerprint density at radius 1 is 1.38 bits per heavy atom. The molecule has 0 aliphatic heterocycles. The number of sulfonamides is 1. The Hall–Kier alpha value is -1.27. The van der Waals surface area contributed by atoms with Gasteiger partial charge in [-0.05, 0) is 25.3 Å². The summed E-state index contributed by atoms with van der Waals surface area (Å²) in [6, 6.07) is 0. The summed E-state index contributed by atoms with van der Waals surface area (Å²) in [7, 11) is -2.28. The summed E-state index contributed by atoms with van der Waals surface area (Å²) in [6.45, 7) is 0. The zero-order valence-electron chi connectivity index (χ0n) is 6.87. The molecule has 0 heterocycles. The van der Waals surface area contributed by atoms with Crippen LogP contribution < -0.4 is 4.72 Å². The van der Waals surface area contributed by atoms with Crippen LogP contribution in [0.2, 0.25) is 0 Å². The molecule has 2 N–H and O–H groups in total. The Balaban J connectivity index is 3.13. The zero-order valence-corrected chi connectivity index (χ0v) is 7.68. The Morgan fingerprint density at radius 3 is 2.46 bits per heavy atom. The van der Waals surface area contributed by atoms with Gasteiger partial charge in [-0.1, -0.05) is 0 Å². The smallest absolute Gasteiger partial charge is 0.240 e. The van der Waals surface area contributed by atoms with Gasteiger partial charge >= 0.3 is 0 Å². The lowest BCUT2D eigenvalue weighted by Crippen LogP contribution is -2.23. The van der Waals surface area contributed by atoms with Crippen LogP contribution in [0.5, 0.6) is 0 Å². The number of carbonyl (C=O) groups is 1. The van der Waals surface area contributed by atoms with Crippen LogP contribution >= 0.6 is 0 Å². The van der Waals surface area contributed by atoms with Gasteiger partial charge < -0.3 is 0 Å². The van der Waals surface area contributed by atoms with E-state index in [9.17, 15) is 13.2 Å². The molecule has 6 heteroatoms. The van der Waals surface area contributed by atoms with Gasteiger partial charge in [0.15, 0.2) is 0 Å². The highest BCUT2D eigenvalue weighted by molar-refractivity contribution is 7.93. The van der Waals surface area contributed by atoms with Crippen LogP contribution in [0.15, 0.2) is 23.1 Å². The zero-order chi connectivity index (χ0) is 10.1. The lowest BCUT2D eigenvalue weighted by atomic mass is 10.1. The van der Waals surface area contributed by atoms with Gasteiger partial charge in [0, 0.05) is 0 Å². The summed E-state index contributed by atoms with van der Waals surface area (Å²) in [6.07, 6.45) is 3.26. The number of nitrogens with one attached hydrogen (secondary N) is 2. The van der Waals surface area contributed by atoms with Crippen LogP contribution in [-0.4, -0.2) is 27.0 Å². The van der Waals surface area contributed by atoms with Gasteiger partial charge in [-0.2, -0.15) is 0 Å². The summed E-state index contributed by atoms with van der Waals surface area (Å²) in [4.78, 5) is 10.7. The molecule has 1 rings (SSSR count). The van der Waals surface area contributed by atoms with Crippen molar-refractivity contribution in [1.82, 2.24) is 4.72 Å². The molecule has 0 atom stereocenters. The van der Waals surface area contributed by atoms with E-state index in [-0.39, 0.29) is 10.6 Å². The van der Waals surface area contributed by atoms with Gasteiger partial charge in [0.1, 0.15) is 5.71 Å². The number of hydrogen-bond donors (Lipinski definition) is 2. The van der Waals surface area contributed by atoms with Crippen molar-refractivity contribution >= 4 is 21.5 Å². The van der Waals surface area contributed by atoms with Crippen molar-refractivity contribution in [2.45, 2.75) is 0 Å². The summed E-state index contributed by atoms with van der Waals surface area (Å²) in [5.74, 6) is -0.491. The van der Waals surface area contributed by atoms with Gasteiger partial charge in [-0.3, -0.25) is 10.2 Å². The molecule has 1 aliphatic rings. The molecule has 0 amide bonds. The van der Waals surface area contributed by atoms with Crippen molar-refractivity contribution in [2.75, 3.05) is 7.05 Å². The lowest BCUT2D eigenvalue weighted by Gasteiger charge is -2.06. The third-order valence-corrected chi connectivity index (χ3v) is 2.94. The molecule has 0 unspecified atom stereocenters. The molecular formula is C7H8N2O3S. The average molecular weight is 200 g/mol. The Bertz CT molecular complexity index is 417. The van der Waals surface area contributed by atoms with E-state index in [4.69, 9.17) is 5.41 Å². The normalized spacial score (nSPS) is 17.5. The van der Waals surface area contributed by atoms with Crippen LogP contribution in [0.1, 0.15) is 0 Å². The molecule has 0 aromatic heterocycles. The van der Waals surface area contributed by atoms with Crippen molar-refractivity contribution in [1.29, 1.82) is 5.41 Å². The third-order valence-electron chi connectivity index (χ3n) is 1.53. The minimum absolute atomic E-state index is 0.0698. The van der Waals surface area contributed by atoms with E-state index in [0.29, 0.717) is 0 Å². The molecule has 0 saturated carbocycles. The molecule has 0 aromatic carbocycles. The predicted molar refractivity (Wildman–Crippen MR) is 47.9 cm³/mol. The maximum atomic E-state index is 11.2. The van der Waals surface area contributed by atoms with E-state index in [1.54, 1.807) is 0 Å². The van der Waals surface area contributed by atoms with Gasteiger partial charge in [-0.25, -0.2) is 13.1 Å². The number of ketones is 1. The van der Waals surface area contributed by atoms with Crippen LogP contribution in [0.3, 0.4) is 0 Å². The van der Waals surface area contributed by atoms with Crippen LogP contribution in [0.25, 0.3) is 0 Å². The maximum Gasteiger partial charge on any atom is 0.240 e. The first-order valence-electron chi connectivity index (χ1n) is 3.43. The van der Waals surface area contributed by atoms with Crippen LogP contribution in [0, 0.1) is 5.41 Å². The summed E-state index contributed by atoms with van der Waals surface area (Å²) in [5, 5.41) is 7.11. The minimum Gasteiger partial charge on any atom is -0.297 e. The fourth-order valence-electron chi connectivity index (χ4n) is 0.794. The van der Waals surface area contributed by atoms with E-state index < -0.39 is 15.8 Å². The maximum absolute atomic E-state index is 11.2. The van der Waals surface area contributed by atoms with E-state index in [1.807, 2.05) is 0 Å². The highest BCUT2D eigenvalue weighted by Crippen LogP contribution is 2.10. The van der Waals surface area contributed by atoms with E-state index in [2.05, 4.69) is 4.72 Å². The summed E-state index contributed by atoms with van der Waals surface area (Å²) >= 11 is 0. The first-order chi connectivity index (χ1) is 5.97. The molecule has 0 fully saturated rings. The monoisotopic (exact) mass is 200 g/mol. The first kappa shape index (κ1) is 9.82. The minimum atomic E-state index is -3.55. The topological polar surface area (TPSA) is 87.1 Å². The standard InChI is InChI=1S/C7H8N2O3S/c1-9-13(11,12)5-2-3-7(10)6(8)4-5/h2-4,8-9H,1H3. The van der Waals surface area contributed by atoms with Crippen molar-refractivity contribution in [3.8, 4) is 0 Å². The fraction of sp³-hybridized carbons (Fsp3) is 0.143. The van der Waals surface area contributed by atoms with Gasteiger partial charge in [0.25, 0.3) is 0 Å². The molecule has 0 radical (unpaired) electrons. The van der Waals surface area contributed by atoms with Crippen molar-refractivity contribution < 1.29 is 13.2 Å². The highest BCUT2D eigenvalue weighted by Gasteiger charge is 2.18. The second kappa shape index (κ2) is 3.23. The molecule has 13 heavy (non-hydrogen) atoms. The first-order valence-corrected chi connectivity index (χ1v) is 4.92. The molecule has 0 bridgehead atoms. The van der Waals surface area contributed by atoms with Gasteiger partial charge in [0.05, 0.1) is 4.91 Å². The largest absolute Gasteiger partial charge is 0.297 e. The number of hydrogen-bond acceptors (Lipinski definition) is 4. The molecule has 0 spiro atoms. The number of rotatable bonds is 2. The van der Waals surface area contributed by atoms with Crippen molar-refractivity contribution in [2.24, 2.45) is 0 Å².